The number of hydrogen-bond acceptors (Lipinski definition) is 6. The van der Waals surface area contributed by atoms with Gasteiger partial charge in [-0.1, -0.05) is 36.4 Å². The molecule has 2 aromatic carbocycles. The van der Waals surface area contributed by atoms with Gasteiger partial charge in [-0.05, 0) is 42.2 Å². The molecule has 29 heavy (non-hydrogen) atoms. The summed E-state index contributed by atoms with van der Waals surface area (Å²) in [4.78, 5) is 0. The van der Waals surface area contributed by atoms with Gasteiger partial charge in [-0.15, -0.1) is 23.5 Å². The molecule has 1 aliphatic heterocycles. The van der Waals surface area contributed by atoms with Crippen molar-refractivity contribution in [3.63, 3.8) is 0 Å². The molecule has 0 aliphatic carbocycles. The highest BCUT2D eigenvalue weighted by Crippen LogP contribution is 2.75. The van der Waals surface area contributed by atoms with Crippen LogP contribution in [0.1, 0.15) is 6.42 Å². The van der Waals surface area contributed by atoms with Crippen LogP contribution in [0.5, 0.6) is 0 Å². The van der Waals surface area contributed by atoms with E-state index in [-0.39, 0.29) is 0 Å². The zero-order valence-corrected chi connectivity index (χ0v) is 19.6. The molecule has 11 heteroatoms. The van der Waals surface area contributed by atoms with E-state index in [0.29, 0.717) is 4.32 Å². The van der Waals surface area contributed by atoms with Crippen LogP contribution < -0.4 is 10.6 Å². The zero-order valence-electron chi connectivity index (χ0n) is 15.4. The van der Waals surface area contributed by atoms with Gasteiger partial charge in [0.2, 0.25) is 0 Å². The lowest BCUT2D eigenvalue weighted by atomic mass is 10.4. The Morgan fingerprint density at radius 2 is 1.34 bits per heavy atom. The minimum atomic E-state index is -6.09. The van der Waals surface area contributed by atoms with Crippen molar-refractivity contribution in [3.8, 4) is 0 Å². The molecule has 0 radical (unpaired) electrons. The SMILES string of the molecule is CS[P+](c1ccccc1)(c1ccccc1)C1SCCCS1.O=S(=O)([O-])C(F)(F)F. The van der Waals surface area contributed by atoms with Crippen molar-refractivity contribution < 1.29 is 26.1 Å². The van der Waals surface area contributed by atoms with E-state index in [1.54, 1.807) is 0 Å². The molecule has 0 atom stereocenters. The third-order valence-electron chi connectivity index (χ3n) is 3.96. The first-order valence-electron chi connectivity index (χ1n) is 8.44. The molecular formula is C18H20F3O3PS4. The van der Waals surface area contributed by atoms with Crippen LogP contribution in [0.25, 0.3) is 0 Å². The molecule has 0 spiro atoms. The summed E-state index contributed by atoms with van der Waals surface area (Å²) in [7, 11) is -6.09. The minimum Gasteiger partial charge on any atom is -0.741 e. The van der Waals surface area contributed by atoms with Crippen molar-refractivity contribution in [2.75, 3.05) is 17.8 Å². The Bertz CT molecular complexity index is 819. The predicted octanol–water partition coefficient (Wildman–Crippen LogP) is 5.14. The minimum absolute atomic E-state index is 0.686. The fourth-order valence-electron chi connectivity index (χ4n) is 2.67. The van der Waals surface area contributed by atoms with Gasteiger partial charge >= 0.3 is 5.51 Å². The lowest BCUT2D eigenvalue weighted by molar-refractivity contribution is -0.0517. The van der Waals surface area contributed by atoms with Crippen LogP contribution in [0, 0.1) is 0 Å². The average molecular weight is 501 g/mol. The van der Waals surface area contributed by atoms with E-state index in [2.05, 4.69) is 102 Å². The van der Waals surface area contributed by atoms with E-state index in [9.17, 15) is 13.2 Å². The zero-order chi connectivity index (χ0) is 21.5. The summed E-state index contributed by atoms with van der Waals surface area (Å²) in [5, 5.41) is 3.08. The molecule has 1 saturated heterocycles. The Morgan fingerprint density at radius 3 is 1.66 bits per heavy atom. The largest absolute Gasteiger partial charge is 0.741 e. The average Bonchev–Trinajstić information content (AvgIpc) is 2.71. The monoisotopic (exact) mass is 500 g/mol. The van der Waals surface area contributed by atoms with Crippen molar-refractivity contribution >= 4 is 62.1 Å². The number of thioether (sulfide) groups is 2. The van der Waals surface area contributed by atoms with Crippen molar-refractivity contribution in [2.24, 2.45) is 0 Å². The Labute approximate surface area is 182 Å². The molecule has 3 rings (SSSR count). The molecule has 0 aromatic heterocycles. The third kappa shape index (κ3) is 6.31. The van der Waals surface area contributed by atoms with Crippen LogP contribution in [0.15, 0.2) is 60.7 Å². The fourth-order valence-corrected chi connectivity index (χ4v) is 16.4. The molecule has 160 valence electrons. The van der Waals surface area contributed by atoms with E-state index in [4.69, 9.17) is 13.0 Å². The number of benzene rings is 2. The number of halogens is 3. The van der Waals surface area contributed by atoms with Crippen molar-refractivity contribution in [1.29, 1.82) is 0 Å². The van der Waals surface area contributed by atoms with Gasteiger partial charge in [-0.3, -0.25) is 0 Å². The first-order chi connectivity index (χ1) is 13.6. The summed E-state index contributed by atoms with van der Waals surface area (Å²) < 4.78 is 59.6. The highest BCUT2D eigenvalue weighted by Gasteiger charge is 2.52. The Morgan fingerprint density at radius 1 is 0.966 bits per heavy atom. The summed E-state index contributed by atoms with van der Waals surface area (Å²) in [5.41, 5.74) is -5.65. The fraction of sp³-hybridized carbons (Fsp3) is 0.333. The van der Waals surface area contributed by atoms with Gasteiger partial charge in [-0.25, -0.2) is 8.42 Å². The predicted molar refractivity (Wildman–Crippen MR) is 122 cm³/mol. The second-order valence-electron chi connectivity index (χ2n) is 5.81. The summed E-state index contributed by atoms with van der Waals surface area (Å²) >= 11 is 6.45. The molecule has 1 aliphatic rings. The van der Waals surface area contributed by atoms with Crippen LogP contribution in [0.4, 0.5) is 13.2 Å². The smallest absolute Gasteiger partial charge is 0.485 e. The van der Waals surface area contributed by atoms with Gasteiger partial charge in [-0.2, -0.15) is 13.2 Å². The topological polar surface area (TPSA) is 57.2 Å². The lowest BCUT2D eigenvalue weighted by Gasteiger charge is -2.33. The first kappa shape index (κ1) is 24.9. The van der Waals surface area contributed by atoms with E-state index in [0.717, 1.165) is 0 Å². The van der Waals surface area contributed by atoms with E-state index in [1.807, 2.05) is 0 Å². The summed E-state index contributed by atoms with van der Waals surface area (Å²) in [5.74, 6) is 2.61. The highest BCUT2D eigenvalue weighted by molar-refractivity contribution is 8.70. The van der Waals surface area contributed by atoms with E-state index >= 15 is 0 Å². The van der Waals surface area contributed by atoms with Gasteiger partial charge in [0.25, 0.3) is 0 Å². The van der Waals surface area contributed by atoms with Crippen LogP contribution in [-0.4, -0.2) is 40.6 Å². The molecule has 0 N–H and O–H groups in total. The molecule has 2 aromatic rings. The van der Waals surface area contributed by atoms with Gasteiger partial charge in [0.05, 0.1) is 0 Å². The third-order valence-corrected chi connectivity index (χ3v) is 17.5. The maximum absolute atomic E-state index is 10.7. The van der Waals surface area contributed by atoms with Crippen LogP contribution in [-0.2, 0) is 10.1 Å². The van der Waals surface area contributed by atoms with Crippen molar-refractivity contribution in [2.45, 2.75) is 16.3 Å². The van der Waals surface area contributed by atoms with Crippen LogP contribution in [0.3, 0.4) is 0 Å². The highest BCUT2D eigenvalue weighted by atomic mass is 32.7. The van der Waals surface area contributed by atoms with Gasteiger partial charge < -0.3 is 4.55 Å². The maximum atomic E-state index is 10.7. The first-order valence-corrected chi connectivity index (χ1v) is 15.6. The quantitative estimate of drug-likeness (QED) is 0.329. The number of hydrogen-bond donors (Lipinski definition) is 0. The normalized spacial score (nSPS) is 16.0. The molecule has 3 nitrogen and oxygen atoms in total. The maximum Gasteiger partial charge on any atom is 0.485 e. The number of rotatable bonds is 4. The molecule has 0 bridgehead atoms. The molecular weight excluding hydrogens is 480 g/mol. The molecule has 1 fully saturated rings. The van der Waals surface area contributed by atoms with Crippen molar-refractivity contribution in [1.82, 2.24) is 0 Å². The lowest BCUT2D eigenvalue weighted by Crippen LogP contribution is -2.27. The van der Waals surface area contributed by atoms with Gasteiger partial charge in [0.15, 0.2) is 20.9 Å². The summed E-state index contributed by atoms with van der Waals surface area (Å²) in [6, 6.07) is 22.4. The Kier molecular flexibility index (Phi) is 9.25. The number of alkyl halides is 3. The molecule has 0 amide bonds. The Hall–Kier alpha value is -0.380. The van der Waals surface area contributed by atoms with E-state index in [1.165, 1.54) is 28.5 Å². The second-order valence-corrected chi connectivity index (χ2v) is 16.7. The molecule has 1 heterocycles. The summed E-state index contributed by atoms with van der Waals surface area (Å²) in [6.45, 7) is -1.41. The standard InChI is InChI=1S/C17H20PS3.CHF3O3S/c1-19-18(15-9-4-2-5-10-15,16-11-6-3-7-12-16)17-20-13-8-14-21-17;2-1(3,4)8(5,6)7/h2-7,9-12,17H,8,13-14H2,1H3;(H,5,6,7)/q+1;/p-1. The molecule has 0 unspecified atom stereocenters. The second kappa shape index (κ2) is 10.8. The molecule has 0 saturated carbocycles. The van der Waals surface area contributed by atoms with Crippen LogP contribution in [0.2, 0.25) is 0 Å². The Balaban J connectivity index is 0.000000321. The van der Waals surface area contributed by atoms with Crippen molar-refractivity contribution in [3.05, 3.63) is 60.7 Å². The van der Waals surface area contributed by atoms with Gasteiger partial charge in [0, 0.05) is 17.6 Å². The van der Waals surface area contributed by atoms with Gasteiger partial charge in [0.1, 0.15) is 10.6 Å². The van der Waals surface area contributed by atoms with Crippen LogP contribution >= 0.6 is 41.4 Å². The summed E-state index contributed by atoms with van der Waals surface area (Å²) in [6.07, 6.45) is 3.66. The van der Waals surface area contributed by atoms with E-state index < -0.39 is 22.1 Å².